The fourth-order valence-corrected chi connectivity index (χ4v) is 6.52. The molecule has 7 nitrogen and oxygen atoms in total. The molecule has 3 N–H and O–H groups in total. The van der Waals surface area contributed by atoms with E-state index < -0.39 is 29.0 Å². The number of carbonyl (C=O) groups is 1. The average Bonchev–Trinajstić information content (AvgIpc) is 3.34. The molecule has 1 aliphatic carbocycles. The molecule has 0 saturated heterocycles. The van der Waals surface area contributed by atoms with Crippen LogP contribution in [-0.4, -0.2) is 42.5 Å². The lowest BCUT2D eigenvalue weighted by Gasteiger charge is -2.47. The second-order valence-electron chi connectivity index (χ2n) is 9.09. The lowest BCUT2D eigenvalue weighted by atomic mass is 9.66. The number of nitrogens with zero attached hydrogens (tertiary/aromatic N) is 3. The minimum Gasteiger partial charge on any atom is -0.389 e. The second kappa shape index (κ2) is 10.8. The molecule has 0 bridgehead atoms. The standard InChI is InChI=1S/C24H25ClF3N5O2S/c1-3-14-8-16(6-12(2)24(14,35)11-21-30-32-33-31-21)36-20-7-13(4-5-17(20)25)23(34)29-15-9-18(26)22(28)19(27)10-15/h4-5,7,9-10,12,14,16,35H,3,6,8,11H2,1-2H3,(H,29,34)(H,30,31,32,33)/t12-,14?,16-,24-/m0/s1. The summed E-state index contributed by atoms with van der Waals surface area (Å²) >= 11 is 7.95. The molecule has 1 fully saturated rings. The molecule has 1 unspecified atom stereocenters. The van der Waals surface area contributed by atoms with Gasteiger partial charge in [-0.15, -0.1) is 16.9 Å². The maximum absolute atomic E-state index is 13.5. The van der Waals surface area contributed by atoms with E-state index in [0.717, 1.165) is 12.8 Å². The Morgan fingerprint density at radius 1 is 1.25 bits per heavy atom. The summed E-state index contributed by atoms with van der Waals surface area (Å²) in [5, 5.41) is 28.4. The van der Waals surface area contributed by atoms with Crippen molar-refractivity contribution in [1.82, 2.24) is 20.6 Å². The Labute approximate surface area is 215 Å². The maximum Gasteiger partial charge on any atom is 0.255 e. The molecule has 0 spiro atoms. The third-order valence-corrected chi connectivity index (χ3v) is 8.54. The molecule has 1 heterocycles. The van der Waals surface area contributed by atoms with Crippen molar-refractivity contribution in [3.8, 4) is 0 Å². The highest BCUT2D eigenvalue weighted by atomic mass is 35.5. The molecule has 192 valence electrons. The minimum atomic E-state index is -1.60. The SMILES string of the molecule is CCC1C[C@@H](Sc2cc(C(=O)Nc3cc(F)c(F)c(F)c3)ccc2Cl)C[C@H](C)[C@@]1(O)Cc1nnn[nH]1. The maximum atomic E-state index is 13.5. The monoisotopic (exact) mass is 539 g/mol. The van der Waals surface area contributed by atoms with Gasteiger partial charge in [-0.25, -0.2) is 18.3 Å². The van der Waals surface area contributed by atoms with Gasteiger partial charge >= 0.3 is 0 Å². The van der Waals surface area contributed by atoms with Gasteiger partial charge < -0.3 is 10.4 Å². The number of hydrogen-bond donors (Lipinski definition) is 3. The molecule has 0 radical (unpaired) electrons. The van der Waals surface area contributed by atoms with Gasteiger partial charge in [0.15, 0.2) is 23.3 Å². The molecule has 1 aliphatic rings. The Hall–Kier alpha value is -2.63. The first-order valence-electron chi connectivity index (χ1n) is 11.5. The molecule has 36 heavy (non-hydrogen) atoms. The number of rotatable bonds is 7. The number of H-pyrrole nitrogens is 1. The van der Waals surface area contributed by atoms with Crippen LogP contribution in [0.15, 0.2) is 35.2 Å². The number of anilines is 1. The van der Waals surface area contributed by atoms with Crippen molar-refractivity contribution in [2.24, 2.45) is 11.8 Å². The van der Waals surface area contributed by atoms with Crippen molar-refractivity contribution in [1.29, 1.82) is 0 Å². The van der Waals surface area contributed by atoms with Crippen LogP contribution in [0.1, 0.15) is 49.3 Å². The molecule has 3 aromatic rings. The van der Waals surface area contributed by atoms with E-state index in [9.17, 15) is 23.1 Å². The van der Waals surface area contributed by atoms with Gasteiger partial charge in [-0.3, -0.25) is 4.79 Å². The third-order valence-electron chi connectivity index (χ3n) is 6.79. The number of hydrogen-bond acceptors (Lipinski definition) is 6. The molecule has 2 aromatic carbocycles. The lowest BCUT2D eigenvalue weighted by molar-refractivity contribution is -0.0888. The number of aliphatic hydroxyl groups is 1. The van der Waals surface area contributed by atoms with Crippen LogP contribution in [0.25, 0.3) is 0 Å². The predicted molar refractivity (Wildman–Crippen MR) is 130 cm³/mol. The largest absolute Gasteiger partial charge is 0.389 e. The highest BCUT2D eigenvalue weighted by Gasteiger charge is 2.47. The normalized spacial score (nSPS) is 24.0. The van der Waals surface area contributed by atoms with Gasteiger partial charge in [0.2, 0.25) is 0 Å². The molecule has 4 rings (SSSR count). The van der Waals surface area contributed by atoms with E-state index in [1.807, 2.05) is 13.8 Å². The van der Waals surface area contributed by atoms with E-state index >= 15 is 0 Å². The van der Waals surface area contributed by atoms with Crippen molar-refractivity contribution >= 4 is 35.0 Å². The molecular formula is C24H25ClF3N5O2S. The number of nitrogens with one attached hydrogen (secondary N) is 2. The van der Waals surface area contributed by atoms with Crippen molar-refractivity contribution in [3.05, 3.63) is 64.2 Å². The van der Waals surface area contributed by atoms with Crippen LogP contribution in [0.5, 0.6) is 0 Å². The van der Waals surface area contributed by atoms with Gasteiger partial charge in [-0.1, -0.05) is 31.9 Å². The number of aromatic nitrogens is 4. The van der Waals surface area contributed by atoms with Crippen LogP contribution in [0.4, 0.5) is 18.9 Å². The number of carbonyl (C=O) groups excluding carboxylic acids is 1. The topological polar surface area (TPSA) is 104 Å². The number of amides is 1. The van der Waals surface area contributed by atoms with E-state index in [1.54, 1.807) is 12.1 Å². The predicted octanol–water partition coefficient (Wildman–Crippen LogP) is 5.41. The van der Waals surface area contributed by atoms with E-state index in [1.165, 1.54) is 17.8 Å². The molecule has 1 saturated carbocycles. The summed E-state index contributed by atoms with van der Waals surface area (Å²) in [6.07, 6.45) is 2.53. The van der Waals surface area contributed by atoms with Crippen molar-refractivity contribution in [2.75, 3.05) is 5.32 Å². The summed E-state index contributed by atoms with van der Waals surface area (Å²) in [7, 11) is 0. The van der Waals surface area contributed by atoms with Gasteiger partial charge in [-0.2, -0.15) is 0 Å². The Morgan fingerprint density at radius 3 is 2.61 bits per heavy atom. The Kier molecular flexibility index (Phi) is 7.91. The van der Waals surface area contributed by atoms with Crippen molar-refractivity contribution in [2.45, 2.75) is 55.3 Å². The molecular weight excluding hydrogens is 515 g/mol. The smallest absolute Gasteiger partial charge is 0.255 e. The zero-order valence-corrected chi connectivity index (χ0v) is 21.1. The summed E-state index contributed by atoms with van der Waals surface area (Å²) in [6, 6.07) is 6.13. The Bertz CT molecular complexity index is 1230. The van der Waals surface area contributed by atoms with Gasteiger partial charge in [0.25, 0.3) is 5.91 Å². The summed E-state index contributed by atoms with van der Waals surface area (Å²) in [4.78, 5) is 13.4. The van der Waals surface area contributed by atoms with E-state index in [0.29, 0.717) is 40.7 Å². The molecule has 1 amide bonds. The van der Waals surface area contributed by atoms with E-state index in [2.05, 4.69) is 25.9 Å². The molecule has 4 atom stereocenters. The zero-order valence-electron chi connectivity index (χ0n) is 19.6. The Balaban J connectivity index is 1.48. The van der Waals surface area contributed by atoms with Crippen LogP contribution in [0.2, 0.25) is 5.02 Å². The third kappa shape index (κ3) is 5.52. The minimum absolute atomic E-state index is 0.00243. The van der Waals surface area contributed by atoms with E-state index in [-0.39, 0.29) is 28.3 Å². The number of aromatic amines is 1. The number of thioether (sulfide) groups is 1. The first kappa shape index (κ1) is 26.4. The zero-order chi connectivity index (χ0) is 26.0. The summed E-state index contributed by atoms with van der Waals surface area (Å²) < 4.78 is 40.2. The summed E-state index contributed by atoms with van der Waals surface area (Å²) in [6.45, 7) is 4.04. The first-order valence-corrected chi connectivity index (χ1v) is 12.7. The van der Waals surface area contributed by atoms with Crippen LogP contribution >= 0.6 is 23.4 Å². The number of halogens is 4. The van der Waals surface area contributed by atoms with Crippen LogP contribution in [-0.2, 0) is 6.42 Å². The van der Waals surface area contributed by atoms with Crippen molar-refractivity contribution < 1.29 is 23.1 Å². The lowest BCUT2D eigenvalue weighted by Crippen LogP contribution is -2.51. The van der Waals surface area contributed by atoms with E-state index in [4.69, 9.17) is 11.6 Å². The van der Waals surface area contributed by atoms with Crippen LogP contribution < -0.4 is 5.32 Å². The fourth-order valence-electron chi connectivity index (χ4n) is 4.82. The molecule has 12 heteroatoms. The fraction of sp³-hybridized carbons (Fsp3) is 0.417. The van der Waals surface area contributed by atoms with Gasteiger partial charge in [0, 0.05) is 39.9 Å². The summed E-state index contributed by atoms with van der Waals surface area (Å²) in [5.41, 5.74) is -0.927. The van der Waals surface area contributed by atoms with Gasteiger partial charge in [0.1, 0.15) is 0 Å². The quantitative estimate of drug-likeness (QED) is 0.347. The molecule has 1 aromatic heterocycles. The average molecular weight is 540 g/mol. The number of tetrazole rings is 1. The van der Waals surface area contributed by atoms with Crippen LogP contribution in [0.3, 0.4) is 0 Å². The summed E-state index contributed by atoms with van der Waals surface area (Å²) in [5.74, 6) is -4.52. The van der Waals surface area contributed by atoms with Gasteiger partial charge in [-0.05, 0) is 53.3 Å². The first-order chi connectivity index (χ1) is 17.1. The highest BCUT2D eigenvalue weighted by Crippen LogP contribution is 2.47. The molecule has 0 aliphatic heterocycles. The highest BCUT2D eigenvalue weighted by molar-refractivity contribution is 8.00. The number of benzene rings is 2. The second-order valence-corrected chi connectivity index (χ2v) is 10.8. The van der Waals surface area contributed by atoms with Crippen LogP contribution in [0, 0.1) is 29.3 Å². The Morgan fingerprint density at radius 2 is 1.97 bits per heavy atom. The van der Waals surface area contributed by atoms with Gasteiger partial charge in [0.05, 0.1) is 10.6 Å². The van der Waals surface area contributed by atoms with Crippen molar-refractivity contribution in [3.63, 3.8) is 0 Å².